The first-order valence-corrected chi connectivity index (χ1v) is 4.36. The molecule has 0 aromatic heterocycles. The first-order chi connectivity index (χ1) is 6.20. The van der Waals surface area contributed by atoms with Gasteiger partial charge in [0.05, 0.1) is 26.4 Å². The van der Waals surface area contributed by atoms with Crippen LogP contribution in [-0.4, -0.2) is 59.1 Å². The Bertz CT molecular complexity index is 78.6. The van der Waals surface area contributed by atoms with Gasteiger partial charge in [-0.05, 0) is 0 Å². The summed E-state index contributed by atoms with van der Waals surface area (Å²) in [5.74, 6) is 0. The Morgan fingerprint density at radius 2 is 1.23 bits per heavy atom. The van der Waals surface area contributed by atoms with E-state index in [9.17, 15) is 0 Å². The third-order valence-electron chi connectivity index (χ3n) is 1.04. The second kappa shape index (κ2) is 11.8. The highest BCUT2D eigenvalue weighted by Gasteiger charge is 2.04. The molecule has 5 heteroatoms. The zero-order valence-corrected chi connectivity index (χ0v) is 8.18. The van der Waals surface area contributed by atoms with Crippen molar-refractivity contribution in [2.45, 2.75) is 26.1 Å². The maximum atomic E-state index is 8.72. The number of rotatable bonds is 6. The minimum Gasteiger partial charge on any atom is -0.394 e. The molecule has 0 aliphatic rings. The van der Waals surface area contributed by atoms with Gasteiger partial charge in [-0.15, -0.1) is 0 Å². The SMILES string of the molecule is CC.OCC(O)COCC(O)CO. The van der Waals surface area contributed by atoms with E-state index in [-0.39, 0.29) is 26.4 Å². The summed E-state index contributed by atoms with van der Waals surface area (Å²) in [6.07, 6.45) is -1.83. The number of aliphatic hydroxyl groups excluding tert-OH is 4. The minimum absolute atomic E-state index is 0.0342. The van der Waals surface area contributed by atoms with Gasteiger partial charge in [-0.2, -0.15) is 0 Å². The van der Waals surface area contributed by atoms with Crippen molar-refractivity contribution in [1.82, 2.24) is 0 Å². The molecule has 0 aromatic carbocycles. The second-order valence-electron chi connectivity index (χ2n) is 2.21. The van der Waals surface area contributed by atoms with Crippen LogP contribution in [0.3, 0.4) is 0 Å². The van der Waals surface area contributed by atoms with E-state index in [1.54, 1.807) is 0 Å². The summed E-state index contributed by atoms with van der Waals surface area (Å²) >= 11 is 0. The lowest BCUT2D eigenvalue weighted by Gasteiger charge is -2.10. The topological polar surface area (TPSA) is 90.2 Å². The summed E-state index contributed by atoms with van der Waals surface area (Å²) in [4.78, 5) is 0. The second-order valence-corrected chi connectivity index (χ2v) is 2.21. The van der Waals surface area contributed by atoms with Gasteiger partial charge in [-0.3, -0.25) is 0 Å². The van der Waals surface area contributed by atoms with Crippen LogP contribution in [0.2, 0.25) is 0 Å². The molecule has 0 saturated heterocycles. The minimum atomic E-state index is -0.916. The van der Waals surface area contributed by atoms with Gasteiger partial charge >= 0.3 is 0 Å². The summed E-state index contributed by atoms with van der Waals surface area (Å²) < 4.78 is 4.72. The molecular formula is C8H20O5. The molecule has 0 amide bonds. The molecule has 0 saturated carbocycles. The lowest BCUT2D eigenvalue weighted by molar-refractivity contribution is -0.0364. The standard InChI is InChI=1S/C6H14O5.C2H6/c7-1-5(9)3-11-4-6(10)2-8;1-2/h5-10H,1-4H2;1-2H3. The molecule has 0 heterocycles. The van der Waals surface area contributed by atoms with E-state index in [1.165, 1.54) is 0 Å². The van der Waals surface area contributed by atoms with Gasteiger partial charge < -0.3 is 25.2 Å². The van der Waals surface area contributed by atoms with E-state index in [2.05, 4.69) is 0 Å². The van der Waals surface area contributed by atoms with Gasteiger partial charge in [0.1, 0.15) is 12.2 Å². The maximum Gasteiger partial charge on any atom is 0.100 e. The fraction of sp³-hybridized carbons (Fsp3) is 1.00. The fourth-order valence-electron chi connectivity index (χ4n) is 0.446. The van der Waals surface area contributed by atoms with Crippen LogP contribution in [0, 0.1) is 0 Å². The van der Waals surface area contributed by atoms with E-state index in [4.69, 9.17) is 25.2 Å². The Hall–Kier alpha value is -0.200. The highest BCUT2D eigenvalue weighted by Crippen LogP contribution is 1.87. The summed E-state index contributed by atoms with van der Waals surface area (Å²) in [6, 6.07) is 0. The monoisotopic (exact) mass is 196 g/mol. The Labute approximate surface area is 78.6 Å². The molecule has 0 aliphatic heterocycles. The number of aliphatic hydroxyl groups is 4. The molecule has 5 nitrogen and oxygen atoms in total. The Kier molecular flexibility index (Phi) is 13.9. The Morgan fingerprint density at radius 3 is 1.46 bits per heavy atom. The summed E-state index contributed by atoms with van der Waals surface area (Å²) in [5.41, 5.74) is 0. The van der Waals surface area contributed by atoms with Gasteiger partial charge in [0, 0.05) is 0 Å². The van der Waals surface area contributed by atoms with Crippen molar-refractivity contribution in [3.63, 3.8) is 0 Å². The van der Waals surface area contributed by atoms with Crippen molar-refractivity contribution in [3.05, 3.63) is 0 Å². The average molecular weight is 196 g/mol. The number of hydrogen-bond donors (Lipinski definition) is 4. The predicted octanol–water partition coefficient (Wildman–Crippen LogP) is -1.26. The van der Waals surface area contributed by atoms with Gasteiger partial charge in [0.15, 0.2) is 0 Å². The molecule has 0 radical (unpaired) electrons. The molecule has 2 unspecified atom stereocenters. The number of hydrogen-bond acceptors (Lipinski definition) is 5. The highest BCUT2D eigenvalue weighted by molar-refractivity contribution is 4.52. The van der Waals surface area contributed by atoms with Crippen molar-refractivity contribution in [3.8, 4) is 0 Å². The van der Waals surface area contributed by atoms with E-state index in [0.29, 0.717) is 0 Å². The van der Waals surface area contributed by atoms with Gasteiger partial charge in [-0.25, -0.2) is 0 Å². The van der Waals surface area contributed by atoms with Crippen molar-refractivity contribution < 1.29 is 25.2 Å². The van der Waals surface area contributed by atoms with Crippen molar-refractivity contribution >= 4 is 0 Å². The van der Waals surface area contributed by atoms with E-state index < -0.39 is 12.2 Å². The third-order valence-corrected chi connectivity index (χ3v) is 1.04. The summed E-state index contributed by atoms with van der Waals surface area (Å²) in [7, 11) is 0. The van der Waals surface area contributed by atoms with E-state index >= 15 is 0 Å². The van der Waals surface area contributed by atoms with Crippen LogP contribution in [0.25, 0.3) is 0 Å². The first-order valence-electron chi connectivity index (χ1n) is 4.36. The van der Waals surface area contributed by atoms with Crippen molar-refractivity contribution in [2.24, 2.45) is 0 Å². The lowest BCUT2D eigenvalue weighted by atomic mass is 10.4. The molecule has 0 fully saturated rings. The van der Waals surface area contributed by atoms with Crippen LogP contribution in [-0.2, 0) is 4.74 Å². The predicted molar refractivity (Wildman–Crippen MR) is 48.4 cm³/mol. The van der Waals surface area contributed by atoms with E-state index in [0.717, 1.165) is 0 Å². The van der Waals surface area contributed by atoms with Crippen LogP contribution in [0.15, 0.2) is 0 Å². The fourth-order valence-corrected chi connectivity index (χ4v) is 0.446. The molecule has 0 spiro atoms. The summed E-state index contributed by atoms with van der Waals surface area (Å²) in [5, 5.41) is 34.1. The normalized spacial score (nSPS) is 14.3. The van der Waals surface area contributed by atoms with Crippen LogP contribution in [0.5, 0.6) is 0 Å². The van der Waals surface area contributed by atoms with Crippen molar-refractivity contribution in [2.75, 3.05) is 26.4 Å². The lowest BCUT2D eigenvalue weighted by Crippen LogP contribution is -2.25. The molecule has 0 aromatic rings. The molecule has 0 rings (SSSR count). The van der Waals surface area contributed by atoms with Gasteiger partial charge in [-0.1, -0.05) is 13.8 Å². The first kappa shape index (κ1) is 15.3. The largest absolute Gasteiger partial charge is 0.394 e. The van der Waals surface area contributed by atoms with Crippen LogP contribution < -0.4 is 0 Å². The third kappa shape index (κ3) is 11.8. The molecule has 0 aliphatic carbocycles. The smallest absolute Gasteiger partial charge is 0.100 e. The van der Waals surface area contributed by atoms with Crippen molar-refractivity contribution in [1.29, 1.82) is 0 Å². The molecule has 13 heavy (non-hydrogen) atoms. The van der Waals surface area contributed by atoms with Gasteiger partial charge in [0.25, 0.3) is 0 Å². The van der Waals surface area contributed by atoms with Crippen LogP contribution >= 0.6 is 0 Å². The maximum absolute atomic E-state index is 8.72. The quantitative estimate of drug-likeness (QED) is 0.425. The Balaban J connectivity index is 0. The molecule has 4 N–H and O–H groups in total. The molecule has 0 bridgehead atoms. The molecular weight excluding hydrogens is 176 g/mol. The highest BCUT2D eigenvalue weighted by atomic mass is 16.5. The van der Waals surface area contributed by atoms with E-state index in [1.807, 2.05) is 13.8 Å². The van der Waals surface area contributed by atoms with Gasteiger partial charge in [0.2, 0.25) is 0 Å². The zero-order valence-electron chi connectivity index (χ0n) is 8.18. The molecule has 82 valence electrons. The average Bonchev–Trinajstić information content (AvgIpc) is 2.20. The van der Waals surface area contributed by atoms with Crippen LogP contribution in [0.1, 0.15) is 13.8 Å². The zero-order chi connectivity index (χ0) is 10.7. The molecule has 2 atom stereocenters. The van der Waals surface area contributed by atoms with Crippen LogP contribution in [0.4, 0.5) is 0 Å². The summed E-state index contributed by atoms with van der Waals surface area (Å²) in [6.45, 7) is 3.20. The Morgan fingerprint density at radius 1 is 0.923 bits per heavy atom. The number of ether oxygens (including phenoxy) is 1.